The number of aromatic nitrogens is 5. The molecule has 2 aliphatic rings. The molecular weight excluding hydrogens is 469 g/mol. The van der Waals surface area contributed by atoms with Crippen LogP contribution in [0, 0.1) is 19.7 Å². The lowest BCUT2D eigenvalue weighted by Crippen LogP contribution is -2.56. The summed E-state index contributed by atoms with van der Waals surface area (Å²) in [4.78, 5) is 17.3. The molecule has 0 radical (unpaired) electrons. The van der Waals surface area contributed by atoms with Crippen LogP contribution < -0.4 is 4.90 Å². The maximum atomic E-state index is 16.4. The van der Waals surface area contributed by atoms with Crippen molar-refractivity contribution in [3.63, 3.8) is 0 Å². The Morgan fingerprint density at radius 2 is 1.89 bits per heavy atom. The van der Waals surface area contributed by atoms with E-state index in [1.54, 1.807) is 17.0 Å². The predicted octanol–water partition coefficient (Wildman–Crippen LogP) is 4.84. The molecule has 0 spiro atoms. The van der Waals surface area contributed by atoms with E-state index >= 15 is 4.39 Å². The van der Waals surface area contributed by atoms with E-state index in [2.05, 4.69) is 64.5 Å². The zero-order valence-corrected chi connectivity index (χ0v) is 22.4. The minimum absolute atomic E-state index is 0.113. The Hall–Kier alpha value is -3.04. The number of hydrogen-bond acceptors (Lipinski definition) is 6. The lowest BCUT2D eigenvalue weighted by molar-refractivity contribution is 0.0278. The third-order valence-corrected chi connectivity index (χ3v) is 8.41. The predicted molar refractivity (Wildman–Crippen MR) is 144 cm³/mol. The average Bonchev–Trinajstić information content (AvgIpc) is 3.53. The van der Waals surface area contributed by atoms with Gasteiger partial charge in [-0.15, -0.1) is 0 Å². The van der Waals surface area contributed by atoms with E-state index in [9.17, 15) is 0 Å². The molecule has 0 saturated carbocycles. The summed E-state index contributed by atoms with van der Waals surface area (Å²) in [5, 5.41) is 5.01. The number of hydrogen-bond donors (Lipinski definition) is 1. The minimum atomic E-state index is -0.230. The second kappa shape index (κ2) is 9.36. The van der Waals surface area contributed by atoms with E-state index in [0.717, 1.165) is 84.8 Å². The summed E-state index contributed by atoms with van der Waals surface area (Å²) in [6.07, 6.45) is 7.52. The third kappa shape index (κ3) is 3.99. The van der Waals surface area contributed by atoms with Gasteiger partial charge in [0.05, 0.1) is 17.4 Å². The molecule has 0 aromatic carbocycles. The first-order valence-electron chi connectivity index (χ1n) is 13.4. The largest absolute Gasteiger partial charge is 0.381 e. The van der Waals surface area contributed by atoms with Crippen molar-refractivity contribution in [3.05, 3.63) is 41.2 Å². The van der Waals surface area contributed by atoms with Gasteiger partial charge in [0.25, 0.3) is 0 Å². The number of nitrogens with one attached hydrogen (secondary N) is 1. The number of aryl methyl sites for hydroxylation is 1. The van der Waals surface area contributed by atoms with Crippen LogP contribution in [0.5, 0.6) is 0 Å². The van der Waals surface area contributed by atoms with Crippen molar-refractivity contribution in [2.24, 2.45) is 0 Å². The van der Waals surface area contributed by atoms with Crippen molar-refractivity contribution >= 4 is 22.4 Å². The fraction of sp³-hybridized carbons (Fsp3) is 0.536. The van der Waals surface area contributed by atoms with Crippen LogP contribution in [0.1, 0.15) is 56.2 Å². The lowest BCUT2D eigenvalue weighted by Gasteiger charge is -2.44. The van der Waals surface area contributed by atoms with Gasteiger partial charge in [0.15, 0.2) is 17.3 Å². The van der Waals surface area contributed by atoms with Crippen LogP contribution in [-0.2, 0) is 4.74 Å². The summed E-state index contributed by atoms with van der Waals surface area (Å²) in [6.45, 7) is 14.8. The zero-order chi connectivity index (χ0) is 25.8. The number of anilines is 1. The van der Waals surface area contributed by atoms with Crippen LogP contribution in [0.4, 0.5) is 10.2 Å². The molecular formula is C28H36FN7O. The second-order valence-corrected chi connectivity index (χ2v) is 11.0. The van der Waals surface area contributed by atoms with Gasteiger partial charge in [0.1, 0.15) is 6.33 Å². The second-order valence-electron chi connectivity index (χ2n) is 11.0. The average molecular weight is 506 g/mol. The first kappa shape index (κ1) is 24.3. The molecule has 1 N–H and O–H groups in total. The Bertz CT molecular complexity index is 1450. The summed E-state index contributed by atoms with van der Waals surface area (Å²) in [7, 11) is 0. The quantitative estimate of drug-likeness (QED) is 0.428. The number of H-pyrrole nitrogens is 1. The van der Waals surface area contributed by atoms with Gasteiger partial charge in [-0.3, -0.25) is 4.90 Å². The van der Waals surface area contributed by atoms with Crippen LogP contribution >= 0.6 is 0 Å². The molecule has 2 aliphatic heterocycles. The summed E-state index contributed by atoms with van der Waals surface area (Å²) in [6, 6.07) is 0.740. The third-order valence-electron chi connectivity index (χ3n) is 8.41. The summed E-state index contributed by atoms with van der Waals surface area (Å²) in [5.74, 6) is 0.340. The van der Waals surface area contributed by atoms with Gasteiger partial charge in [-0.05, 0) is 56.2 Å². The van der Waals surface area contributed by atoms with Gasteiger partial charge >= 0.3 is 0 Å². The highest BCUT2D eigenvalue weighted by atomic mass is 19.1. The molecule has 37 heavy (non-hydrogen) atoms. The maximum absolute atomic E-state index is 16.4. The van der Waals surface area contributed by atoms with Crippen LogP contribution in [-0.4, -0.2) is 74.4 Å². The van der Waals surface area contributed by atoms with E-state index in [1.165, 1.54) is 0 Å². The normalized spacial score (nSPS) is 20.1. The Morgan fingerprint density at radius 1 is 1.11 bits per heavy atom. The monoisotopic (exact) mass is 505 g/mol. The molecule has 4 aromatic heterocycles. The number of pyridine rings is 2. The van der Waals surface area contributed by atoms with Gasteiger partial charge in [-0.25, -0.2) is 18.9 Å². The minimum Gasteiger partial charge on any atom is -0.381 e. The number of nitrogens with zero attached hydrogens (tertiary/aromatic N) is 6. The molecule has 196 valence electrons. The fourth-order valence-electron chi connectivity index (χ4n) is 6.29. The molecule has 8 nitrogen and oxygen atoms in total. The highest BCUT2D eigenvalue weighted by Crippen LogP contribution is 2.40. The smallest absolute Gasteiger partial charge is 0.175 e. The van der Waals surface area contributed by atoms with E-state index in [0.29, 0.717) is 17.2 Å². The Morgan fingerprint density at radius 3 is 2.62 bits per heavy atom. The maximum Gasteiger partial charge on any atom is 0.175 e. The summed E-state index contributed by atoms with van der Waals surface area (Å²) >= 11 is 0. The Kier molecular flexibility index (Phi) is 6.15. The number of halogens is 1. The van der Waals surface area contributed by atoms with Gasteiger partial charge in [0.2, 0.25) is 0 Å². The molecule has 6 heterocycles. The van der Waals surface area contributed by atoms with Crippen LogP contribution in [0.15, 0.2) is 18.7 Å². The Balaban J connectivity index is 1.41. The molecule has 4 aromatic rings. The molecule has 1 atom stereocenters. The van der Waals surface area contributed by atoms with E-state index < -0.39 is 0 Å². The van der Waals surface area contributed by atoms with E-state index in [-0.39, 0.29) is 17.8 Å². The lowest BCUT2D eigenvalue weighted by atomic mass is 9.94. The van der Waals surface area contributed by atoms with Crippen LogP contribution in [0.25, 0.3) is 27.8 Å². The molecule has 0 bridgehead atoms. The van der Waals surface area contributed by atoms with E-state index in [4.69, 9.17) is 4.74 Å². The summed E-state index contributed by atoms with van der Waals surface area (Å²) < 4.78 is 23.8. The van der Waals surface area contributed by atoms with Crippen molar-refractivity contribution in [3.8, 4) is 11.3 Å². The number of rotatable bonds is 4. The number of fused-ring (bicyclic) bond motifs is 2. The SMILES string of the molecule is Cc1c(-c2[nH]c3cnc(N4CCN(C5CCOCC5)C[C@H]4C)c(F)c3c2C(C)C)cn2ncnc2c1C. The van der Waals surface area contributed by atoms with Crippen molar-refractivity contribution < 1.29 is 9.13 Å². The molecule has 0 amide bonds. The van der Waals surface area contributed by atoms with Crippen LogP contribution in [0.2, 0.25) is 0 Å². The first-order valence-corrected chi connectivity index (χ1v) is 13.4. The number of piperazine rings is 1. The van der Waals surface area contributed by atoms with E-state index in [1.807, 2.05) is 6.20 Å². The van der Waals surface area contributed by atoms with Gasteiger partial charge in [-0.1, -0.05) is 13.8 Å². The standard InChI is InChI=1S/C28H36FN7O/c1-16(2)23-24-22(33-26(23)21-14-36-27(31-15-32-36)19(5)18(21)4)12-30-28(25(24)29)35-9-8-34(13-17(35)3)20-6-10-37-11-7-20/h12,14-17,20,33H,6-11,13H2,1-5H3/t17-/m1/s1. The fourth-order valence-corrected chi connectivity index (χ4v) is 6.29. The summed E-state index contributed by atoms with van der Waals surface area (Å²) in [5.41, 5.74) is 6.66. The number of ether oxygens (including phenoxy) is 1. The first-order chi connectivity index (χ1) is 17.8. The highest BCUT2D eigenvalue weighted by Gasteiger charge is 2.32. The van der Waals surface area contributed by atoms with Crippen molar-refractivity contribution in [2.45, 2.75) is 65.5 Å². The molecule has 2 fully saturated rings. The van der Waals surface area contributed by atoms with Crippen LogP contribution in [0.3, 0.4) is 0 Å². The molecule has 0 aliphatic carbocycles. The number of aromatic amines is 1. The molecule has 6 rings (SSSR count). The topological polar surface area (TPSA) is 74.6 Å². The van der Waals surface area contributed by atoms with Crippen molar-refractivity contribution in [1.29, 1.82) is 0 Å². The molecule has 2 saturated heterocycles. The molecule has 9 heteroatoms. The van der Waals surface area contributed by atoms with Gasteiger partial charge in [-0.2, -0.15) is 5.10 Å². The van der Waals surface area contributed by atoms with Gasteiger partial charge < -0.3 is 14.6 Å². The van der Waals surface area contributed by atoms with Crippen molar-refractivity contribution in [1.82, 2.24) is 29.5 Å². The van der Waals surface area contributed by atoms with Gasteiger partial charge in [0, 0.05) is 62.1 Å². The van der Waals surface area contributed by atoms with Crippen molar-refractivity contribution in [2.75, 3.05) is 37.7 Å². The zero-order valence-electron chi connectivity index (χ0n) is 22.4. The highest BCUT2D eigenvalue weighted by molar-refractivity contribution is 5.94. The molecule has 0 unspecified atom stereocenters. The Labute approximate surface area is 216 Å².